The number of nitrogens with one attached hydrogen (secondary N) is 2. The Morgan fingerprint density at radius 1 is 1.16 bits per heavy atom. The molecule has 12 nitrogen and oxygen atoms in total. The van der Waals surface area contributed by atoms with Crippen LogP contribution in [0.5, 0.6) is 17.2 Å². The highest BCUT2D eigenvalue weighted by atomic mass is 16.7. The minimum Gasteiger partial charge on any atom is -0.492 e. The van der Waals surface area contributed by atoms with Gasteiger partial charge >= 0.3 is 6.09 Å². The van der Waals surface area contributed by atoms with Crippen LogP contribution in [-0.2, 0) is 36.6 Å². The van der Waals surface area contributed by atoms with Crippen LogP contribution in [0.3, 0.4) is 0 Å². The number of likely N-dealkylation sites (tertiary alicyclic amines) is 1. The van der Waals surface area contributed by atoms with Crippen molar-refractivity contribution in [3.05, 3.63) is 41.6 Å². The van der Waals surface area contributed by atoms with Gasteiger partial charge in [0.25, 0.3) is 0 Å². The van der Waals surface area contributed by atoms with Crippen LogP contribution in [0.25, 0.3) is 0 Å². The summed E-state index contributed by atoms with van der Waals surface area (Å²) in [5.41, 5.74) is 1.04. The Bertz CT molecular complexity index is 1380. The summed E-state index contributed by atoms with van der Waals surface area (Å²) < 4.78 is 30.1. The van der Waals surface area contributed by atoms with Gasteiger partial charge in [-0.05, 0) is 77.3 Å². The summed E-state index contributed by atoms with van der Waals surface area (Å²) >= 11 is 0. The van der Waals surface area contributed by atoms with E-state index in [1.165, 1.54) is 0 Å². The number of fused-ring (bicyclic) bond motifs is 2. The molecule has 5 rings (SSSR count). The van der Waals surface area contributed by atoms with E-state index in [1.54, 1.807) is 17.2 Å². The van der Waals surface area contributed by atoms with Gasteiger partial charge in [0.2, 0.25) is 11.8 Å². The van der Waals surface area contributed by atoms with Gasteiger partial charge in [-0.2, -0.15) is 0 Å². The number of carbonyl (C=O) groups is 3. The minimum atomic E-state index is -1.07. The highest BCUT2D eigenvalue weighted by Gasteiger charge is 2.48. The van der Waals surface area contributed by atoms with Crippen LogP contribution < -0.4 is 20.1 Å². The maximum absolute atomic E-state index is 13.7. The molecule has 2 unspecified atom stereocenters. The second kappa shape index (κ2) is 13.0. The number of anilines is 1. The quantitative estimate of drug-likeness (QED) is 0.421. The number of benzene rings is 1. The molecule has 0 bridgehead atoms. The van der Waals surface area contributed by atoms with Crippen LogP contribution in [0, 0.1) is 5.92 Å². The van der Waals surface area contributed by atoms with Gasteiger partial charge in [0.15, 0.2) is 5.79 Å². The molecule has 1 fully saturated rings. The number of rotatable bonds is 8. The van der Waals surface area contributed by atoms with Gasteiger partial charge in [-0.1, -0.05) is 0 Å². The molecule has 3 amide bonds. The number of pyridine rings is 1. The molecule has 0 radical (unpaired) electrons. The van der Waals surface area contributed by atoms with E-state index in [1.807, 2.05) is 52.8 Å². The number of aromatic nitrogens is 1. The first-order valence-corrected chi connectivity index (χ1v) is 15.3. The van der Waals surface area contributed by atoms with E-state index in [4.69, 9.17) is 23.7 Å². The fraction of sp³-hybridized carbons (Fsp3) is 0.562. The fourth-order valence-corrected chi connectivity index (χ4v) is 5.81. The summed E-state index contributed by atoms with van der Waals surface area (Å²) in [4.78, 5) is 44.3. The SMILES string of the molecule is CCOC1(OCC)CCN(C(=O)OC(C)(C)C)CC1NC(=O)C1COc2ccc(Oc3ccnc4c3CCC(=O)N4)cc2C1. The zero-order valence-electron chi connectivity index (χ0n) is 26.1. The van der Waals surface area contributed by atoms with Gasteiger partial charge in [-0.3, -0.25) is 9.59 Å². The van der Waals surface area contributed by atoms with Gasteiger partial charge in [0.1, 0.15) is 41.3 Å². The first-order valence-electron chi connectivity index (χ1n) is 15.3. The molecular weight excluding hydrogens is 568 g/mol. The third-order valence-electron chi connectivity index (χ3n) is 7.82. The normalized spacial score (nSPS) is 20.8. The summed E-state index contributed by atoms with van der Waals surface area (Å²) in [6, 6.07) is 6.68. The monoisotopic (exact) mass is 610 g/mol. The third-order valence-corrected chi connectivity index (χ3v) is 7.82. The van der Waals surface area contributed by atoms with E-state index in [2.05, 4.69) is 15.6 Å². The topological polar surface area (TPSA) is 138 Å². The second-order valence-electron chi connectivity index (χ2n) is 12.2. The standard InChI is InChI=1S/C32H42N4O8/c1-6-41-32(42-7-2)13-15-36(30(39)44-31(3,4)5)18-26(32)34-29(38)21-16-20-17-22(8-10-24(20)40-19-21)43-25-12-14-33-28-23(25)9-11-27(37)35-28/h8,10,12,14,17,21,26H,6-7,9,11,13,15-16,18-19H2,1-5H3,(H,34,38)(H,33,35,37). The number of piperidine rings is 1. The number of hydrogen-bond donors (Lipinski definition) is 2. The molecule has 1 aromatic carbocycles. The lowest BCUT2D eigenvalue weighted by Gasteiger charge is -2.47. The lowest BCUT2D eigenvalue weighted by Crippen LogP contribution is -2.66. The Balaban J connectivity index is 1.30. The molecule has 3 aliphatic rings. The van der Waals surface area contributed by atoms with E-state index in [0.29, 0.717) is 68.5 Å². The summed E-state index contributed by atoms with van der Waals surface area (Å²) in [5.74, 6) is 0.567. The van der Waals surface area contributed by atoms with Crippen molar-refractivity contribution >= 4 is 23.7 Å². The van der Waals surface area contributed by atoms with E-state index < -0.39 is 29.4 Å². The number of carbonyl (C=O) groups excluding carboxylic acids is 3. The maximum atomic E-state index is 13.7. The van der Waals surface area contributed by atoms with Crippen LogP contribution in [0.1, 0.15) is 58.6 Å². The van der Waals surface area contributed by atoms with E-state index >= 15 is 0 Å². The van der Waals surface area contributed by atoms with Crippen LogP contribution >= 0.6 is 0 Å². The molecule has 238 valence electrons. The highest BCUT2D eigenvalue weighted by molar-refractivity contribution is 5.93. The Labute approximate surface area is 257 Å². The lowest BCUT2D eigenvalue weighted by atomic mass is 9.93. The van der Waals surface area contributed by atoms with E-state index in [9.17, 15) is 14.4 Å². The highest BCUT2D eigenvalue weighted by Crippen LogP contribution is 2.36. The zero-order valence-corrected chi connectivity index (χ0v) is 26.1. The Kier molecular flexibility index (Phi) is 9.31. The molecule has 1 aromatic heterocycles. The van der Waals surface area contributed by atoms with Crippen LogP contribution in [0.2, 0.25) is 0 Å². The van der Waals surface area contributed by atoms with Gasteiger partial charge in [-0.15, -0.1) is 0 Å². The average Bonchev–Trinajstić information content (AvgIpc) is 2.97. The first-order chi connectivity index (χ1) is 21.0. The van der Waals surface area contributed by atoms with Crippen molar-refractivity contribution in [2.45, 2.75) is 77.7 Å². The van der Waals surface area contributed by atoms with Gasteiger partial charge < -0.3 is 39.2 Å². The van der Waals surface area contributed by atoms with Crippen LogP contribution in [-0.4, -0.2) is 78.1 Å². The van der Waals surface area contributed by atoms with Gasteiger partial charge in [-0.25, -0.2) is 9.78 Å². The van der Waals surface area contributed by atoms with Crippen molar-refractivity contribution in [2.24, 2.45) is 5.92 Å². The van der Waals surface area contributed by atoms with Crippen molar-refractivity contribution in [3.8, 4) is 17.2 Å². The summed E-state index contributed by atoms with van der Waals surface area (Å²) in [7, 11) is 0. The van der Waals surface area contributed by atoms with E-state index in [-0.39, 0.29) is 25.0 Å². The van der Waals surface area contributed by atoms with Crippen molar-refractivity contribution in [3.63, 3.8) is 0 Å². The van der Waals surface area contributed by atoms with Crippen molar-refractivity contribution in [1.29, 1.82) is 0 Å². The molecule has 0 aliphatic carbocycles. The third kappa shape index (κ3) is 7.07. The summed E-state index contributed by atoms with van der Waals surface area (Å²) in [6.45, 7) is 10.7. The molecule has 4 heterocycles. The molecule has 2 atom stereocenters. The predicted molar refractivity (Wildman–Crippen MR) is 161 cm³/mol. The molecular formula is C32H42N4O8. The molecule has 2 N–H and O–H groups in total. The zero-order chi connectivity index (χ0) is 31.5. The van der Waals surface area contributed by atoms with Crippen molar-refractivity contribution in [1.82, 2.24) is 15.2 Å². The lowest BCUT2D eigenvalue weighted by molar-refractivity contribution is -0.265. The van der Waals surface area contributed by atoms with Crippen molar-refractivity contribution in [2.75, 3.05) is 38.2 Å². The first kappa shape index (κ1) is 31.5. The Morgan fingerprint density at radius 3 is 2.66 bits per heavy atom. The van der Waals surface area contributed by atoms with Crippen LogP contribution in [0.4, 0.5) is 10.6 Å². The summed E-state index contributed by atoms with van der Waals surface area (Å²) in [6.07, 6.45) is 2.88. The van der Waals surface area contributed by atoms with Crippen LogP contribution in [0.15, 0.2) is 30.5 Å². The predicted octanol–water partition coefficient (Wildman–Crippen LogP) is 4.20. The number of nitrogens with zero attached hydrogens (tertiary/aromatic N) is 2. The fourth-order valence-electron chi connectivity index (χ4n) is 5.81. The molecule has 3 aliphatic heterocycles. The molecule has 0 saturated carbocycles. The Hall–Kier alpha value is -3.90. The molecule has 0 spiro atoms. The second-order valence-corrected chi connectivity index (χ2v) is 12.2. The number of hydrogen-bond acceptors (Lipinski definition) is 9. The molecule has 44 heavy (non-hydrogen) atoms. The summed E-state index contributed by atoms with van der Waals surface area (Å²) in [5, 5.41) is 5.92. The minimum absolute atomic E-state index is 0.0667. The largest absolute Gasteiger partial charge is 0.492 e. The van der Waals surface area contributed by atoms with E-state index in [0.717, 1.165) is 11.1 Å². The smallest absolute Gasteiger partial charge is 0.410 e. The van der Waals surface area contributed by atoms with Gasteiger partial charge in [0.05, 0.1) is 5.92 Å². The number of amides is 3. The van der Waals surface area contributed by atoms with Crippen molar-refractivity contribution < 1.29 is 38.1 Å². The molecule has 12 heteroatoms. The molecule has 1 saturated heterocycles. The maximum Gasteiger partial charge on any atom is 0.410 e. The van der Waals surface area contributed by atoms with Gasteiger partial charge in [0, 0.05) is 50.9 Å². The molecule has 2 aromatic rings. The average molecular weight is 611 g/mol. The Morgan fingerprint density at radius 2 is 1.93 bits per heavy atom. The number of ether oxygens (including phenoxy) is 5.